The van der Waals surface area contributed by atoms with E-state index in [4.69, 9.17) is 5.21 Å². The summed E-state index contributed by atoms with van der Waals surface area (Å²) in [5.41, 5.74) is 6.54. The number of hydroxylamine groups is 1. The number of nitrogens with one attached hydrogen (secondary N) is 3. The fraction of sp³-hybridized carbons (Fsp3) is 0.226. The van der Waals surface area contributed by atoms with Crippen LogP contribution in [0, 0.1) is 6.92 Å². The van der Waals surface area contributed by atoms with Crippen molar-refractivity contribution < 1.29 is 14.8 Å². The standard InChI is InChI=1S/C31H32N6O4/c1-20-25(27-19-36(2)31(40)28(33-27)32-23-13-9-22(10-14-23)30(39)35-41)7-6-8-26(20)34-29(38)21-11-15-24(16-12-21)37-17-4-3-5-18-37/h6-16,19,41H,3-5,17-18H2,1-2H3,(H,32,33)(H,34,38)(H,35,39). The van der Waals surface area contributed by atoms with E-state index in [1.54, 1.807) is 30.9 Å². The van der Waals surface area contributed by atoms with Gasteiger partial charge in [0.25, 0.3) is 17.4 Å². The Morgan fingerprint density at radius 2 is 1.54 bits per heavy atom. The topological polar surface area (TPSA) is 129 Å². The van der Waals surface area contributed by atoms with Crippen LogP contribution in [0.25, 0.3) is 11.3 Å². The fourth-order valence-corrected chi connectivity index (χ4v) is 4.94. The van der Waals surface area contributed by atoms with Gasteiger partial charge >= 0.3 is 0 Å². The molecule has 1 aliphatic heterocycles. The molecule has 10 nitrogen and oxygen atoms in total. The molecule has 0 unspecified atom stereocenters. The predicted octanol–water partition coefficient (Wildman–Crippen LogP) is 4.86. The molecule has 5 rings (SSSR count). The zero-order chi connectivity index (χ0) is 28.9. The monoisotopic (exact) mass is 552 g/mol. The first-order valence-corrected chi connectivity index (χ1v) is 13.5. The second-order valence-electron chi connectivity index (χ2n) is 10.1. The number of anilines is 4. The fourth-order valence-electron chi connectivity index (χ4n) is 4.94. The molecule has 4 N–H and O–H groups in total. The molecule has 3 aromatic carbocycles. The molecule has 4 aromatic rings. The zero-order valence-corrected chi connectivity index (χ0v) is 23.0. The molecule has 1 aliphatic rings. The highest BCUT2D eigenvalue weighted by Gasteiger charge is 2.16. The molecule has 10 heteroatoms. The first kappa shape index (κ1) is 27.6. The number of nitrogens with zero attached hydrogens (tertiary/aromatic N) is 3. The van der Waals surface area contributed by atoms with Crippen LogP contribution in [0.1, 0.15) is 45.5 Å². The molecule has 1 fully saturated rings. The van der Waals surface area contributed by atoms with Gasteiger partial charge in [0.05, 0.1) is 5.69 Å². The van der Waals surface area contributed by atoms with Crippen LogP contribution in [0.3, 0.4) is 0 Å². The maximum atomic E-state index is 13.1. The predicted molar refractivity (Wildman–Crippen MR) is 159 cm³/mol. The van der Waals surface area contributed by atoms with Crippen LogP contribution >= 0.6 is 0 Å². The average molecular weight is 553 g/mol. The van der Waals surface area contributed by atoms with Crippen molar-refractivity contribution in [3.63, 3.8) is 0 Å². The van der Waals surface area contributed by atoms with Crippen molar-refractivity contribution in [3.05, 3.63) is 100.0 Å². The van der Waals surface area contributed by atoms with Crippen LogP contribution in [0.5, 0.6) is 0 Å². The summed E-state index contributed by atoms with van der Waals surface area (Å²) >= 11 is 0. The molecule has 41 heavy (non-hydrogen) atoms. The van der Waals surface area contributed by atoms with E-state index in [0.717, 1.165) is 29.9 Å². The van der Waals surface area contributed by atoms with Gasteiger partial charge in [-0.1, -0.05) is 12.1 Å². The Bertz CT molecular complexity index is 1620. The summed E-state index contributed by atoms with van der Waals surface area (Å²) in [6, 6.07) is 19.5. The van der Waals surface area contributed by atoms with Crippen molar-refractivity contribution >= 4 is 34.7 Å². The highest BCUT2D eigenvalue weighted by molar-refractivity contribution is 6.05. The maximum Gasteiger partial charge on any atom is 0.293 e. The van der Waals surface area contributed by atoms with Gasteiger partial charge in [0, 0.05) is 60.1 Å². The van der Waals surface area contributed by atoms with E-state index in [-0.39, 0.29) is 22.8 Å². The quantitative estimate of drug-likeness (QED) is 0.190. The summed E-state index contributed by atoms with van der Waals surface area (Å²) in [5, 5.41) is 14.8. The second-order valence-corrected chi connectivity index (χ2v) is 10.1. The van der Waals surface area contributed by atoms with Gasteiger partial charge in [-0.15, -0.1) is 0 Å². The summed E-state index contributed by atoms with van der Waals surface area (Å²) in [7, 11) is 1.64. The molecule has 0 spiro atoms. The third-order valence-corrected chi connectivity index (χ3v) is 7.29. The van der Waals surface area contributed by atoms with Crippen LogP contribution in [0.15, 0.2) is 77.7 Å². The molecule has 210 valence electrons. The molecule has 2 heterocycles. The van der Waals surface area contributed by atoms with Gasteiger partial charge in [-0.05, 0) is 86.3 Å². The van der Waals surface area contributed by atoms with Gasteiger partial charge in [0.15, 0.2) is 5.82 Å². The summed E-state index contributed by atoms with van der Waals surface area (Å²) in [4.78, 5) is 44.5. The Labute approximate surface area is 237 Å². The lowest BCUT2D eigenvalue weighted by atomic mass is 10.0. The van der Waals surface area contributed by atoms with Crippen molar-refractivity contribution in [2.24, 2.45) is 7.05 Å². The molecule has 0 radical (unpaired) electrons. The lowest BCUT2D eigenvalue weighted by Crippen LogP contribution is -2.29. The van der Waals surface area contributed by atoms with E-state index in [1.165, 1.54) is 36.0 Å². The van der Waals surface area contributed by atoms with E-state index in [1.807, 2.05) is 49.4 Å². The molecule has 0 atom stereocenters. The highest BCUT2D eigenvalue weighted by atomic mass is 16.5. The smallest absolute Gasteiger partial charge is 0.293 e. The van der Waals surface area contributed by atoms with Crippen molar-refractivity contribution in [2.45, 2.75) is 26.2 Å². The second kappa shape index (κ2) is 12.1. The third-order valence-electron chi connectivity index (χ3n) is 7.29. The number of rotatable bonds is 7. The Hall–Kier alpha value is -4.96. The molecule has 2 amide bonds. The SMILES string of the molecule is Cc1c(NC(=O)c2ccc(N3CCCCC3)cc2)cccc1-c1cn(C)c(=O)c(Nc2ccc(C(=O)NO)cc2)n1. The lowest BCUT2D eigenvalue weighted by molar-refractivity contribution is 0.0706. The van der Waals surface area contributed by atoms with Crippen LogP contribution in [0.2, 0.25) is 0 Å². The Balaban J connectivity index is 1.36. The van der Waals surface area contributed by atoms with E-state index >= 15 is 0 Å². The lowest BCUT2D eigenvalue weighted by Gasteiger charge is -2.28. The van der Waals surface area contributed by atoms with Gasteiger partial charge in [-0.25, -0.2) is 10.5 Å². The molecule has 1 saturated heterocycles. The number of carbonyl (C=O) groups is 2. The number of benzene rings is 3. The van der Waals surface area contributed by atoms with Gasteiger partial charge in [-0.3, -0.25) is 19.6 Å². The molecular weight excluding hydrogens is 520 g/mol. The van der Waals surface area contributed by atoms with Crippen LogP contribution in [-0.4, -0.2) is 39.7 Å². The van der Waals surface area contributed by atoms with Crippen molar-refractivity contribution in [1.29, 1.82) is 0 Å². The number of hydrogen-bond acceptors (Lipinski definition) is 7. The molecular formula is C31H32N6O4. The van der Waals surface area contributed by atoms with E-state index in [0.29, 0.717) is 22.6 Å². The summed E-state index contributed by atoms with van der Waals surface area (Å²) in [6.45, 7) is 3.99. The minimum absolute atomic E-state index is 0.104. The van der Waals surface area contributed by atoms with Crippen LogP contribution in [-0.2, 0) is 7.05 Å². The Kier molecular flexibility index (Phi) is 8.11. The minimum atomic E-state index is -0.635. The highest BCUT2D eigenvalue weighted by Crippen LogP contribution is 2.29. The van der Waals surface area contributed by atoms with Gasteiger partial charge in [-0.2, -0.15) is 0 Å². The van der Waals surface area contributed by atoms with E-state index in [2.05, 4.69) is 20.5 Å². The van der Waals surface area contributed by atoms with Crippen molar-refractivity contribution in [1.82, 2.24) is 15.0 Å². The van der Waals surface area contributed by atoms with E-state index < -0.39 is 5.91 Å². The van der Waals surface area contributed by atoms with E-state index in [9.17, 15) is 14.4 Å². The summed E-state index contributed by atoms with van der Waals surface area (Å²) in [6.07, 6.45) is 5.30. The molecule has 1 aromatic heterocycles. The molecule has 0 saturated carbocycles. The average Bonchev–Trinajstić information content (AvgIpc) is 3.01. The number of aromatic nitrogens is 2. The van der Waals surface area contributed by atoms with Gasteiger partial charge in [0.1, 0.15) is 0 Å². The zero-order valence-electron chi connectivity index (χ0n) is 23.0. The van der Waals surface area contributed by atoms with Crippen LogP contribution < -0.4 is 26.6 Å². The van der Waals surface area contributed by atoms with Gasteiger partial charge < -0.3 is 20.1 Å². The molecule has 0 aliphatic carbocycles. The summed E-state index contributed by atoms with van der Waals surface area (Å²) < 4.78 is 1.44. The van der Waals surface area contributed by atoms with Crippen molar-refractivity contribution in [2.75, 3.05) is 28.6 Å². The van der Waals surface area contributed by atoms with Gasteiger partial charge in [0.2, 0.25) is 0 Å². The molecule has 0 bridgehead atoms. The Morgan fingerprint density at radius 1 is 0.878 bits per heavy atom. The third kappa shape index (κ3) is 6.12. The minimum Gasteiger partial charge on any atom is -0.372 e. The maximum absolute atomic E-state index is 13.1. The number of carbonyl (C=O) groups excluding carboxylic acids is 2. The normalized spacial score (nSPS) is 13.0. The number of hydrogen-bond donors (Lipinski definition) is 4. The largest absolute Gasteiger partial charge is 0.372 e. The Morgan fingerprint density at radius 3 is 2.22 bits per heavy atom. The number of aryl methyl sites for hydroxylation is 1. The first-order chi connectivity index (χ1) is 19.8. The number of piperidine rings is 1. The number of amides is 2. The van der Waals surface area contributed by atoms with Crippen molar-refractivity contribution in [3.8, 4) is 11.3 Å². The van der Waals surface area contributed by atoms with Crippen LogP contribution in [0.4, 0.5) is 22.9 Å². The summed E-state index contributed by atoms with van der Waals surface area (Å²) in [5.74, 6) is -0.735. The first-order valence-electron chi connectivity index (χ1n) is 13.5.